The molecule has 4 heteroatoms. The molecule has 0 saturated heterocycles. The number of hydrogen-bond donors (Lipinski definition) is 3. The molecule has 0 aliphatic heterocycles. The van der Waals surface area contributed by atoms with Crippen LogP contribution < -0.4 is 0 Å². The van der Waals surface area contributed by atoms with Crippen molar-refractivity contribution in [2.75, 3.05) is 0 Å². The number of carboxylic acid groups (broad SMARTS) is 1. The number of hydrogen-bond acceptors (Lipinski definition) is 3. The second-order valence-corrected chi connectivity index (χ2v) is 2.64. The first-order valence-corrected chi connectivity index (χ1v) is 3.20. The second kappa shape index (κ2) is 2.56. The van der Waals surface area contributed by atoms with Crippen LogP contribution in [-0.2, 0) is 4.79 Å². The number of aliphatic carboxylic acids is 1. The van der Waals surface area contributed by atoms with Crippen LogP contribution in [0, 0.1) is 5.92 Å². The van der Waals surface area contributed by atoms with E-state index in [2.05, 4.69) is 0 Å². The van der Waals surface area contributed by atoms with Crippen molar-refractivity contribution in [2.24, 2.45) is 5.92 Å². The molecule has 1 aliphatic rings. The van der Waals surface area contributed by atoms with E-state index in [0.29, 0.717) is 0 Å². The Bertz CT molecular complexity index is 135. The molecule has 0 radical (unpaired) electrons. The van der Waals surface area contributed by atoms with Crippen LogP contribution in [0.3, 0.4) is 0 Å². The van der Waals surface area contributed by atoms with Gasteiger partial charge in [0.2, 0.25) is 0 Å². The molecule has 1 rings (SSSR count). The summed E-state index contributed by atoms with van der Waals surface area (Å²) in [5.41, 5.74) is 0. The largest absolute Gasteiger partial charge is 0.481 e. The van der Waals surface area contributed by atoms with Crippen LogP contribution in [0.5, 0.6) is 0 Å². The molecule has 2 atom stereocenters. The van der Waals surface area contributed by atoms with Gasteiger partial charge in [-0.2, -0.15) is 0 Å². The summed E-state index contributed by atoms with van der Waals surface area (Å²) < 4.78 is 0. The van der Waals surface area contributed by atoms with Gasteiger partial charge >= 0.3 is 5.97 Å². The molecule has 0 heterocycles. The summed E-state index contributed by atoms with van der Waals surface area (Å²) in [6.45, 7) is 0. The fourth-order valence-corrected chi connectivity index (χ4v) is 1.20. The Labute approximate surface area is 58.1 Å². The Morgan fingerprint density at radius 2 is 1.60 bits per heavy atom. The van der Waals surface area contributed by atoms with Crippen LogP contribution in [0.2, 0.25) is 0 Å². The van der Waals surface area contributed by atoms with Crippen molar-refractivity contribution in [1.82, 2.24) is 0 Å². The zero-order valence-electron chi connectivity index (χ0n) is 5.40. The average molecular weight is 146 g/mol. The summed E-state index contributed by atoms with van der Waals surface area (Å²) in [6, 6.07) is 0. The first-order chi connectivity index (χ1) is 4.61. The Hall–Kier alpha value is -0.610. The van der Waals surface area contributed by atoms with Gasteiger partial charge in [0.1, 0.15) is 0 Å². The van der Waals surface area contributed by atoms with Gasteiger partial charge in [-0.3, -0.25) is 4.79 Å². The van der Waals surface area contributed by atoms with Crippen LogP contribution in [0.4, 0.5) is 0 Å². The molecule has 3 N–H and O–H groups in total. The van der Waals surface area contributed by atoms with Gasteiger partial charge in [-0.05, 0) is 12.8 Å². The summed E-state index contributed by atoms with van der Waals surface area (Å²) in [6.07, 6.45) is -1.34. The minimum Gasteiger partial charge on any atom is -0.481 e. The highest BCUT2D eigenvalue weighted by atomic mass is 16.4. The summed E-state index contributed by atoms with van der Waals surface area (Å²) in [5, 5.41) is 26.2. The minimum absolute atomic E-state index is 0.177. The van der Waals surface area contributed by atoms with Crippen molar-refractivity contribution in [3.63, 3.8) is 0 Å². The van der Waals surface area contributed by atoms with E-state index in [1.54, 1.807) is 0 Å². The maximum absolute atomic E-state index is 10.3. The van der Waals surface area contributed by atoms with Gasteiger partial charge in [-0.25, -0.2) is 0 Å². The van der Waals surface area contributed by atoms with Crippen LogP contribution in [0.1, 0.15) is 12.8 Å². The predicted molar refractivity (Wildman–Crippen MR) is 32.4 cm³/mol. The van der Waals surface area contributed by atoms with Crippen LogP contribution in [0.25, 0.3) is 0 Å². The molecule has 0 amide bonds. The lowest BCUT2D eigenvalue weighted by molar-refractivity contribution is -0.141. The Morgan fingerprint density at radius 1 is 1.20 bits per heavy atom. The average Bonchev–Trinajstić information content (AvgIpc) is 2.13. The molecular weight excluding hydrogens is 136 g/mol. The summed E-state index contributed by atoms with van der Waals surface area (Å²) in [4.78, 5) is 10.3. The predicted octanol–water partition coefficient (Wildman–Crippen LogP) is -0.797. The molecule has 1 aliphatic carbocycles. The van der Waals surface area contributed by atoms with Crippen LogP contribution in [-0.4, -0.2) is 33.5 Å². The number of carbonyl (C=O) groups is 1. The monoisotopic (exact) mass is 146 g/mol. The zero-order chi connectivity index (χ0) is 7.72. The Balaban J connectivity index is 2.49. The number of aliphatic hydroxyl groups is 2. The van der Waals surface area contributed by atoms with E-state index in [9.17, 15) is 4.79 Å². The highest BCUT2D eigenvalue weighted by Gasteiger charge is 2.35. The third-order valence-corrected chi connectivity index (χ3v) is 1.85. The number of aliphatic hydroxyl groups excluding tert-OH is 2. The number of carboxylic acids is 1. The standard InChI is InChI=1S/C6H10O4/c7-4-1-3(6(9)10)2-5(4)8/h3-5,7-8H,1-2H2,(H,9,10)/t4-,5-/m1/s1. The van der Waals surface area contributed by atoms with Gasteiger partial charge in [-0.15, -0.1) is 0 Å². The molecule has 0 aromatic rings. The molecule has 0 unspecified atom stereocenters. The molecule has 0 aromatic heterocycles. The quantitative estimate of drug-likeness (QED) is 0.452. The molecule has 0 aromatic carbocycles. The summed E-state index contributed by atoms with van der Waals surface area (Å²) >= 11 is 0. The Morgan fingerprint density at radius 3 is 1.80 bits per heavy atom. The lowest BCUT2D eigenvalue weighted by Crippen LogP contribution is -2.17. The smallest absolute Gasteiger partial charge is 0.306 e. The van der Waals surface area contributed by atoms with E-state index in [4.69, 9.17) is 15.3 Å². The lowest BCUT2D eigenvalue weighted by Gasteiger charge is -2.03. The van der Waals surface area contributed by atoms with E-state index in [0.717, 1.165) is 0 Å². The van der Waals surface area contributed by atoms with Gasteiger partial charge in [0, 0.05) is 0 Å². The van der Waals surface area contributed by atoms with Crippen molar-refractivity contribution in [1.29, 1.82) is 0 Å². The molecule has 1 fully saturated rings. The van der Waals surface area contributed by atoms with Crippen molar-refractivity contribution >= 4 is 5.97 Å². The van der Waals surface area contributed by atoms with Crippen LogP contribution in [0.15, 0.2) is 0 Å². The molecule has 4 nitrogen and oxygen atoms in total. The van der Waals surface area contributed by atoms with Gasteiger partial charge in [0.05, 0.1) is 18.1 Å². The maximum Gasteiger partial charge on any atom is 0.306 e. The normalized spacial score (nSPS) is 34.6. The third kappa shape index (κ3) is 1.27. The van der Waals surface area contributed by atoms with Gasteiger partial charge in [-0.1, -0.05) is 0 Å². The molecule has 58 valence electrons. The van der Waals surface area contributed by atoms with Gasteiger partial charge in [0.25, 0.3) is 0 Å². The first-order valence-electron chi connectivity index (χ1n) is 3.20. The van der Waals surface area contributed by atoms with Gasteiger partial charge in [0.15, 0.2) is 0 Å². The SMILES string of the molecule is O=C(O)C1C[C@@H](O)[C@H](O)C1. The zero-order valence-corrected chi connectivity index (χ0v) is 5.40. The maximum atomic E-state index is 10.3. The fourth-order valence-electron chi connectivity index (χ4n) is 1.20. The molecule has 1 saturated carbocycles. The van der Waals surface area contributed by atoms with E-state index >= 15 is 0 Å². The van der Waals surface area contributed by atoms with Crippen molar-refractivity contribution in [3.8, 4) is 0 Å². The Kier molecular flexibility index (Phi) is 1.92. The van der Waals surface area contributed by atoms with Crippen LogP contribution >= 0.6 is 0 Å². The first kappa shape index (κ1) is 7.50. The molecule has 0 spiro atoms. The van der Waals surface area contributed by atoms with Crippen molar-refractivity contribution in [3.05, 3.63) is 0 Å². The fraction of sp³-hybridized carbons (Fsp3) is 0.833. The van der Waals surface area contributed by atoms with E-state index in [1.807, 2.05) is 0 Å². The molecular formula is C6H10O4. The van der Waals surface area contributed by atoms with E-state index in [-0.39, 0.29) is 12.8 Å². The lowest BCUT2D eigenvalue weighted by atomic mass is 10.1. The molecule has 0 bridgehead atoms. The minimum atomic E-state index is -0.935. The van der Waals surface area contributed by atoms with Crippen molar-refractivity contribution in [2.45, 2.75) is 25.0 Å². The summed E-state index contributed by atoms with van der Waals surface area (Å²) in [7, 11) is 0. The summed E-state index contributed by atoms with van der Waals surface area (Å²) in [5.74, 6) is -1.50. The topological polar surface area (TPSA) is 77.8 Å². The second-order valence-electron chi connectivity index (χ2n) is 2.64. The van der Waals surface area contributed by atoms with E-state index in [1.165, 1.54) is 0 Å². The third-order valence-electron chi connectivity index (χ3n) is 1.85. The number of rotatable bonds is 1. The highest BCUT2D eigenvalue weighted by molar-refractivity contribution is 5.70. The van der Waals surface area contributed by atoms with E-state index < -0.39 is 24.1 Å². The highest BCUT2D eigenvalue weighted by Crippen LogP contribution is 2.25. The van der Waals surface area contributed by atoms with Crippen molar-refractivity contribution < 1.29 is 20.1 Å². The van der Waals surface area contributed by atoms with Gasteiger partial charge < -0.3 is 15.3 Å². The molecule has 10 heavy (non-hydrogen) atoms.